The zero-order chi connectivity index (χ0) is 31.8. The summed E-state index contributed by atoms with van der Waals surface area (Å²) in [4.78, 5) is 29.9. The summed E-state index contributed by atoms with van der Waals surface area (Å²) in [5, 5.41) is 24.9. The first-order valence-electron chi connectivity index (χ1n) is 13.2. The van der Waals surface area contributed by atoms with Gasteiger partial charge >= 0.3 is 24.3 Å². The first kappa shape index (κ1) is 34.0. The predicted octanol–water partition coefficient (Wildman–Crippen LogP) is 3.29. The number of fused-ring (bicyclic) bond motifs is 2. The lowest BCUT2D eigenvalue weighted by atomic mass is 9.80. The molecule has 0 radical (unpaired) electrons. The summed E-state index contributed by atoms with van der Waals surface area (Å²) in [7, 11) is 0. The van der Waals surface area contributed by atoms with E-state index in [-0.39, 0.29) is 5.41 Å². The smallest absolute Gasteiger partial charge is 0.475 e. The van der Waals surface area contributed by atoms with E-state index in [9.17, 15) is 26.3 Å². The van der Waals surface area contributed by atoms with Crippen molar-refractivity contribution in [1.82, 2.24) is 25.1 Å². The number of carboxylic acid groups (broad SMARTS) is 2. The lowest BCUT2D eigenvalue weighted by Gasteiger charge is -2.34. The fraction of sp³-hybridized carbons (Fsp3) is 0.640. The molecule has 12 nitrogen and oxygen atoms in total. The minimum Gasteiger partial charge on any atom is -0.475 e. The molecule has 0 saturated carbocycles. The molecule has 43 heavy (non-hydrogen) atoms. The van der Waals surface area contributed by atoms with E-state index in [0.29, 0.717) is 12.5 Å². The number of hydrogen-bond donors (Lipinski definition) is 4. The number of rotatable bonds is 5. The molecule has 2 aromatic rings. The zero-order valence-corrected chi connectivity index (χ0v) is 23.1. The van der Waals surface area contributed by atoms with E-state index in [2.05, 4.69) is 32.3 Å². The largest absolute Gasteiger partial charge is 0.490 e. The number of carbonyl (C=O) groups is 2. The molecule has 2 aromatic heterocycles. The summed E-state index contributed by atoms with van der Waals surface area (Å²) >= 11 is 0. The van der Waals surface area contributed by atoms with E-state index in [1.807, 2.05) is 12.4 Å². The van der Waals surface area contributed by atoms with Crippen LogP contribution in [0.3, 0.4) is 0 Å². The van der Waals surface area contributed by atoms with Crippen LogP contribution in [0.25, 0.3) is 0 Å². The maximum atomic E-state index is 10.6. The van der Waals surface area contributed by atoms with Crippen LogP contribution in [0, 0.1) is 12.8 Å². The van der Waals surface area contributed by atoms with Crippen LogP contribution in [-0.2, 0) is 37.6 Å². The van der Waals surface area contributed by atoms with Crippen LogP contribution in [0.1, 0.15) is 41.8 Å². The quantitative estimate of drug-likeness (QED) is 0.360. The third-order valence-corrected chi connectivity index (χ3v) is 7.14. The minimum absolute atomic E-state index is 0.0384. The molecule has 1 atom stereocenters. The van der Waals surface area contributed by atoms with Gasteiger partial charge in [0.2, 0.25) is 5.95 Å². The number of aliphatic carboxylic acids is 2. The Balaban J connectivity index is 0.000000303. The van der Waals surface area contributed by atoms with Crippen molar-refractivity contribution in [2.24, 2.45) is 5.92 Å². The molecule has 2 fully saturated rings. The van der Waals surface area contributed by atoms with Gasteiger partial charge in [-0.15, -0.1) is 0 Å². The van der Waals surface area contributed by atoms with Gasteiger partial charge in [-0.3, -0.25) is 10.00 Å². The molecule has 3 aliphatic heterocycles. The fourth-order valence-electron chi connectivity index (χ4n) is 4.85. The number of hydrogen-bond acceptors (Lipinski definition) is 9. The van der Waals surface area contributed by atoms with Crippen molar-refractivity contribution in [3.8, 4) is 0 Å². The zero-order valence-electron chi connectivity index (χ0n) is 23.1. The highest BCUT2D eigenvalue weighted by Gasteiger charge is 2.45. The number of nitrogens with zero attached hydrogens (tertiary/aromatic N) is 4. The topological polar surface area (TPSA) is 163 Å². The number of carboxylic acids is 2. The van der Waals surface area contributed by atoms with Crippen molar-refractivity contribution in [3.63, 3.8) is 0 Å². The molecular formula is C25H32F6N6O6. The minimum atomic E-state index is -5.08. The molecule has 5 heterocycles. The third kappa shape index (κ3) is 9.75. The van der Waals surface area contributed by atoms with E-state index in [4.69, 9.17) is 34.3 Å². The highest BCUT2D eigenvalue weighted by atomic mass is 19.4. The monoisotopic (exact) mass is 626 g/mol. The lowest BCUT2D eigenvalue weighted by Crippen LogP contribution is -2.40. The van der Waals surface area contributed by atoms with Gasteiger partial charge < -0.3 is 25.0 Å². The van der Waals surface area contributed by atoms with Crippen molar-refractivity contribution < 1.29 is 55.6 Å². The molecule has 5 rings (SSSR count). The molecule has 0 aromatic carbocycles. The van der Waals surface area contributed by atoms with Gasteiger partial charge in [-0.25, -0.2) is 19.6 Å². The van der Waals surface area contributed by atoms with Crippen LogP contribution in [0.4, 0.5) is 32.3 Å². The number of aromatic amines is 1. The first-order chi connectivity index (χ1) is 20.1. The average molecular weight is 627 g/mol. The van der Waals surface area contributed by atoms with Crippen LogP contribution >= 0.6 is 0 Å². The van der Waals surface area contributed by atoms with Crippen molar-refractivity contribution in [3.05, 3.63) is 34.9 Å². The number of halogens is 6. The SMILES string of the molecule is Cc1[nH]ncc1CN1CCC2(COCc3cnc(NCC4CCOCC4)nc32)C1.O=C(O)C(F)(F)F.O=C(O)C(F)(F)F. The van der Waals surface area contributed by atoms with E-state index >= 15 is 0 Å². The van der Waals surface area contributed by atoms with Crippen molar-refractivity contribution in [1.29, 1.82) is 0 Å². The molecule has 0 bridgehead atoms. The Kier molecular flexibility index (Phi) is 11.3. The lowest BCUT2D eigenvalue weighted by molar-refractivity contribution is -0.193. The van der Waals surface area contributed by atoms with Crippen LogP contribution in [0.5, 0.6) is 0 Å². The number of ether oxygens (including phenoxy) is 2. The third-order valence-electron chi connectivity index (χ3n) is 7.14. The Hall–Kier alpha value is -3.51. The first-order valence-corrected chi connectivity index (χ1v) is 13.2. The van der Waals surface area contributed by atoms with Gasteiger partial charge in [0.15, 0.2) is 0 Å². The second-order valence-corrected chi connectivity index (χ2v) is 10.4. The second-order valence-electron chi connectivity index (χ2n) is 10.4. The van der Waals surface area contributed by atoms with Gasteiger partial charge in [0, 0.05) is 55.9 Å². The summed E-state index contributed by atoms with van der Waals surface area (Å²) in [6.07, 6.45) is -2.99. The van der Waals surface area contributed by atoms with Gasteiger partial charge in [0.05, 0.1) is 30.5 Å². The average Bonchev–Trinajstić information content (AvgIpc) is 3.54. The predicted molar refractivity (Wildman–Crippen MR) is 136 cm³/mol. The van der Waals surface area contributed by atoms with Gasteiger partial charge in [-0.2, -0.15) is 31.4 Å². The summed E-state index contributed by atoms with van der Waals surface area (Å²) in [6.45, 7) is 8.99. The molecule has 1 unspecified atom stereocenters. The second kappa shape index (κ2) is 14.3. The maximum Gasteiger partial charge on any atom is 0.490 e. The number of aryl methyl sites for hydroxylation is 1. The molecule has 0 aliphatic carbocycles. The van der Waals surface area contributed by atoms with Crippen LogP contribution in [-0.4, -0.2) is 99.0 Å². The molecule has 4 N–H and O–H groups in total. The van der Waals surface area contributed by atoms with E-state index in [0.717, 1.165) is 82.5 Å². The number of likely N-dealkylation sites (tertiary alicyclic amines) is 1. The fourth-order valence-corrected chi connectivity index (χ4v) is 4.85. The molecule has 3 aliphatic rings. The summed E-state index contributed by atoms with van der Waals surface area (Å²) in [6, 6.07) is 0. The van der Waals surface area contributed by atoms with E-state index < -0.39 is 24.3 Å². The molecular weight excluding hydrogens is 594 g/mol. The number of alkyl halides is 6. The van der Waals surface area contributed by atoms with E-state index in [1.54, 1.807) is 0 Å². The van der Waals surface area contributed by atoms with E-state index in [1.165, 1.54) is 11.3 Å². The summed E-state index contributed by atoms with van der Waals surface area (Å²) in [5.41, 5.74) is 4.69. The normalized spacial score (nSPS) is 20.8. The van der Waals surface area contributed by atoms with Gasteiger partial charge in [-0.05, 0) is 38.6 Å². The molecule has 2 saturated heterocycles. The molecule has 0 amide bonds. The Morgan fingerprint density at radius 3 is 2.28 bits per heavy atom. The van der Waals surface area contributed by atoms with Gasteiger partial charge in [0.1, 0.15) is 0 Å². The number of H-pyrrole nitrogens is 1. The Bertz CT molecular complexity index is 1210. The van der Waals surface area contributed by atoms with Gasteiger partial charge in [-0.1, -0.05) is 0 Å². The molecule has 240 valence electrons. The summed E-state index contributed by atoms with van der Waals surface area (Å²) in [5.74, 6) is -4.12. The number of anilines is 1. The van der Waals surface area contributed by atoms with Crippen LogP contribution < -0.4 is 5.32 Å². The van der Waals surface area contributed by atoms with Crippen LogP contribution in [0.15, 0.2) is 12.4 Å². The summed E-state index contributed by atoms with van der Waals surface area (Å²) < 4.78 is 74.9. The highest BCUT2D eigenvalue weighted by Crippen LogP contribution is 2.39. The Morgan fingerprint density at radius 2 is 1.72 bits per heavy atom. The number of aromatic nitrogens is 4. The van der Waals surface area contributed by atoms with Crippen molar-refractivity contribution >= 4 is 17.9 Å². The standard InChI is InChI=1S/C21H30N6O2.2C2HF3O2/c1-15-17(10-24-26-15)11-27-5-4-21(13-27)14-29-12-18-9-23-20(25-19(18)21)22-8-16-2-6-28-7-3-16;2*3-2(4,5)1(6)7/h9-10,16H,2-8,11-14H2,1H3,(H,24,26)(H,22,23,25);2*(H,6,7). The van der Waals surface area contributed by atoms with Crippen LogP contribution in [0.2, 0.25) is 0 Å². The van der Waals surface area contributed by atoms with Gasteiger partial charge in [0.25, 0.3) is 0 Å². The molecule has 1 spiro atoms. The van der Waals surface area contributed by atoms with Crippen molar-refractivity contribution in [2.45, 2.75) is 57.1 Å². The Labute approximate surface area is 241 Å². The molecule has 18 heteroatoms. The Morgan fingerprint density at radius 1 is 1.09 bits per heavy atom. The maximum absolute atomic E-state index is 10.6. The highest BCUT2D eigenvalue weighted by molar-refractivity contribution is 5.73. The number of nitrogens with one attached hydrogen (secondary N) is 2. The van der Waals surface area contributed by atoms with Crippen molar-refractivity contribution in [2.75, 3.05) is 44.8 Å².